The molecule has 17 heavy (non-hydrogen) atoms. The van der Waals surface area contributed by atoms with Gasteiger partial charge in [-0.25, -0.2) is 4.98 Å². The van der Waals surface area contributed by atoms with Crippen molar-refractivity contribution in [2.24, 2.45) is 0 Å². The molecular weight excluding hydrogens is 220 g/mol. The number of rotatable bonds is 2. The average molecular weight is 234 g/mol. The Morgan fingerprint density at radius 2 is 2.24 bits per heavy atom. The summed E-state index contributed by atoms with van der Waals surface area (Å²) in [5.74, 6) is 1.50. The second kappa shape index (κ2) is 4.17. The first-order valence-electron chi connectivity index (χ1n) is 5.60. The molecule has 1 aliphatic rings. The van der Waals surface area contributed by atoms with Gasteiger partial charge in [0.1, 0.15) is 0 Å². The number of ether oxygens (including phenoxy) is 1. The van der Waals surface area contributed by atoms with Crippen molar-refractivity contribution in [2.45, 2.75) is 0 Å². The van der Waals surface area contributed by atoms with E-state index < -0.39 is 0 Å². The van der Waals surface area contributed by atoms with E-state index in [1.165, 1.54) is 0 Å². The van der Waals surface area contributed by atoms with Crippen molar-refractivity contribution in [3.8, 4) is 0 Å². The third-order valence-electron chi connectivity index (χ3n) is 2.84. The highest BCUT2D eigenvalue weighted by atomic mass is 16.5. The Hall–Kier alpha value is -1.89. The Morgan fingerprint density at radius 1 is 1.41 bits per heavy atom. The molecule has 0 aromatic carbocycles. The lowest BCUT2D eigenvalue weighted by Crippen LogP contribution is -2.37. The van der Waals surface area contributed by atoms with Crippen molar-refractivity contribution < 1.29 is 4.74 Å². The standard InChI is InChI=1S/C10H14N6O/c1-11-8-7-6-12-10(13-9(7)15-14-8)16-2-4-17-5-3-16/h6H,2-5H2,1H3,(H2,11,12,13,14,15). The molecule has 2 aromatic heterocycles. The van der Waals surface area contributed by atoms with Crippen molar-refractivity contribution in [1.82, 2.24) is 20.2 Å². The minimum Gasteiger partial charge on any atom is -0.378 e. The van der Waals surface area contributed by atoms with Crippen LogP contribution in [0.15, 0.2) is 6.20 Å². The van der Waals surface area contributed by atoms with E-state index in [0.717, 1.165) is 49.1 Å². The van der Waals surface area contributed by atoms with Crippen LogP contribution in [0.5, 0.6) is 0 Å². The van der Waals surface area contributed by atoms with Gasteiger partial charge in [-0.3, -0.25) is 5.10 Å². The molecule has 2 N–H and O–H groups in total. The molecule has 3 rings (SSSR count). The number of fused-ring (bicyclic) bond motifs is 1. The second-order valence-electron chi connectivity index (χ2n) is 3.85. The van der Waals surface area contributed by atoms with Crippen molar-refractivity contribution in [3.63, 3.8) is 0 Å². The lowest BCUT2D eigenvalue weighted by Gasteiger charge is -2.26. The Morgan fingerprint density at radius 3 is 3.00 bits per heavy atom. The number of aromatic nitrogens is 4. The van der Waals surface area contributed by atoms with E-state index >= 15 is 0 Å². The van der Waals surface area contributed by atoms with Crippen molar-refractivity contribution >= 4 is 22.8 Å². The van der Waals surface area contributed by atoms with Crippen LogP contribution >= 0.6 is 0 Å². The van der Waals surface area contributed by atoms with Crippen LogP contribution in [-0.4, -0.2) is 53.5 Å². The van der Waals surface area contributed by atoms with Crippen LogP contribution in [0.2, 0.25) is 0 Å². The van der Waals surface area contributed by atoms with E-state index in [1.54, 1.807) is 6.20 Å². The maximum Gasteiger partial charge on any atom is 0.227 e. The largest absolute Gasteiger partial charge is 0.378 e. The molecule has 2 aromatic rings. The number of nitrogens with zero attached hydrogens (tertiary/aromatic N) is 4. The van der Waals surface area contributed by atoms with Gasteiger partial charge in [0.25, 0.3) is 0 Å². The van der Waals surface area contributed by atoms with Crippen LogP contribution in [-0.2, 0) is 4.74 Å². The highest BCUT2D eigenvalue weighted by Gasteiger charge is 2.15. The van der Waals surface area contributed by atoms with Gasteiger partial charge in [0, 0.05) is 26.3 Å². The summed E-state index contributed by atoms with van der Waals surface area (Å²) in [7, 11) is 1.82. The van der Waals surface area contributed by atoms with Gasteiger partial charge < -0.3 is 15.0 Å². The third kappa shape index (κ3) is 1.78. The van der Waals surface area contributed by atoms with Crippen LogP contribution in [0, 0.1) is 0 Å². The van der Waals surface area contributed by atoms with Crippen LogP contribution in [0.1, 0.15) is 0 Å². The smallest absolute Gasteiger partial charge is 0.227 e. The number of morpholine rings is 1. The van der Waals surface area contributed by atoms with E-state index in [1.807, 2.05) is 7.05 Å². The molecule has 1 aliphatic heterocycles. The monoisotopic (exact) mass is 234 g/mol. The maximum atomic E-state index is 5.30. The number of anilines is 2. The molecule has 7 nitrogen and oxygen atoms in total. The minimum absolute atomic E-state index is 0.728. The predicted octanol–water partition coefficient (Wildman–Crippen LogP) is 0.231. The molecule has 0 unspecified atom stereocenters. The van der Waals surface area contributed by atoms with E-state index in [4.69, 9.17) is 4.74 Å². The van der Waals surface area contributed by atoms with Crippen LogP contribution < -0.4 is 10.2 Å². The molecule has 0 atom stereocenters. The Kier molecular flexibility index (Phi) is 2.52. The predicted molar refractivity (Wildman–Crippen MR) is 64.3 cm³/mol. The first kappa shape index (κ1) is 10.3. The molecule has 7 heteroatoms. The summed E-state index contributed by atoms with van der Waals surface area (Å²) in [4.78, 5) is 11.0. The summed E-state index contributed by atoms with van der Waals surface area (Å²) in [6.07, 6.45) is 1.79. The number of H-pyrrole nitrogens is 1. The van der Waals surface area contributed by atoms with Gasteiger partial charge in [0.2, 0.25) is 5.95 Å². The van der Waals surface area contributed by atoms with Gasteiger partial charge in [0.05, 0.1) is 18.6 Å². The molecule has 0 radical (unpaired) electrons. The summed E-state index contributed by atoms with van der Waals surface area (Å²) in [5.41, 5.74) is 0.755. The summed E-state index contributed by atoms with van der Waals surface area (Å²) >= 11 is 0. The van der Waals surface area contributed by atoms with E-state index in [0.29, 0.717) is 0 Å². The highest BCUT2D eigenvalue weighted by Crippen LogP contribution is 2.19. The first-order valence-corrected chi connectivity index (χ1v) is 5.60. The summed E-state index contributed by atoms with van der Waals surface area (Å²) in [6, 6.07) is 0. The molecule has 0 spiro atoms. The average Bonchev–Trinajstić information content (AvgIpc) is 2.81. The Balaban J connectivity index is 1.95. The fraction of sp³-hybridized carbons (Fsp3) is 0.500. The SMILES string of the molecule is CNc1n[nH]c2nc(N3CCOCC3)ncc12. The zero-order valence-electron chi connectivity index (χ0n) is 9.60. The summed E-state index contributed by atoms with van der Waals surface area (Å²) < 4.78 is 5.30. The maximum absolute atomic E-state index is 5.30. The van der Waals surface area contributed by atoms with Gasteiger partial charge in [-0.15, -0.1) is 0 Å². The fourth-order valence-electron chi connectivity index (χ4n) is 1.91. The zero-order chi connectivity index (χ0) is 11.7. The highest BCUT2D eigenvalue weighted by molar-refractivity contribution is 5.86. The summed E-state index contributed by atoms with van der Waals surface area (Å²) in [6.45, 7) is 3.12. The molecule has 0 amide bonds. The van der Waals surface area contributed by atoms with Gasteiger partial charge in [-0.2, -0.15) is 10.1 Å². The third-order valence-corrected chi connectivity index (χ3v) is 2.84. The topological polar surface area (TPSA) is 79.0 Å². The van der Waals surface area contributed by atoms with Gasteiger partial charge in [-0.05, 0) is 0 Å². The van der Waals surface area contributed by atoms with Gasteiger partial charge in [-0.1, -0.05) is 0 Å². The second-order valence-corrected chi connectivity index (χ2v) is 3.85. The molecular formula is C10H14N6O. The van der Waals surface area contributed by atoms with Crippen molar-refractivity contribution in [3.05, 3.63) is 6.20 Å². The minimum atomic E-state index is 0.728. The number of hydrogen-bond donors (Lipinski definition) is 2. The number of aromatic amines is 1. The molecule has 90 valence electrons. The molecule has 0 aliphatic carbocycles. The normalized spacial score (nSPS) is 16.4. The Bertz CT molecular complexity index is 518. The van der Waals surface area contributed by atoms with Gasteiger partial charge >= 0.3 is 0 Å². The van der Waals surface area contributed by atoms with E-state index in [9.17, 15) is 0 Å². The van der Waals surface area contributed by atoms with Crippen LogP contribution in [0.3, 0.4) is 0 Å². The molecule has 0 saturated carbocycles. The van der Waals surface area contributed by atoms with Crippen molar-refractivity contribution in [1.29, 1.82) is 0 Å². The van der Waals surface area contributed by atoms with E-state index in [2.05, 4.69) is 30.4 Å². The molecule has 3 heterocycles. The first-order chi connectivity index (χ1) is 8.38. The quantitative estimate of drug-likeness (QED) is 0.774. The van der Waals surface area contributed by atoms with Gasteiger partial charge in [0.15, 0.2) is 11.5 Å². The molecule has 1 fully saturated rings. The van der Waals surface area contributed by atoms with E-state index in [-0.39, 0.29) is 0 Å². The Labute approximate surface area is 98.2 Å². The van der Waals surface area contributed by atoms with Crippen LogP contribution in [0.25, 0.3) is 11.0 Å². The molecule has 1 saturated heterocycles. The van der Waals surface area contributed by atoms with Crippen LogP contribution in [0.4, 0.5) is 11.8 Å². The number of hydrogen-bond acceptors (Lipinski definition) is 6. The molecule has 0 bridgehead atoms. The fourth-order valence-corrected chi connectivity index (χ4v) is 1.91. The number of nitrogens with one attached hydrogen (secondary N) is 2. The zero-order valence-corrected chi connectivity index (χ0v) is 9.60. The lowest BCUT2D eigenvalue weighted by molar-refractivity contribution is 0.122. The summed E-state index contributed by atoms with van der Waals surface area (Å²) in [5, 5.41) is 10.9. The van der Waals surface area contributed by atoms with Crippen molar-refractivity contribution in [2.75, 3.05) is 43.6 Å². The lowest BCUT2D eigenvalue weighted by atomic mass is 10.4.